The summed E-state index contributed by atoms with van der Waals surface area (Å²) in [7, 11) is 1.66. The number of nitriles is 1. The third kappa shape index (κ3) is 5.16. The Kier molecular flexibility index (Phi) is 7.48. The molecule has 12 heteroatoms. The van der Waals surface area contributed by atoms with E-state index in [4.69, 9.17) is 9.47 Å². The second kappa shape index (κ2) is 11.1. The van der Waals surface area contributed by atoms with Gasteiger partial charge in [-0.2, -0.15) is 5.26 Å². The topological polar surface area (TPSA) is 150 Å². The number of morpholine rings is 1. The Morgan fingerprint density at radius 3 is 2.92 bits per heavy atom. The molecule has 1 saturated carbocycles. The van der Waals surface area contributed by atoms with Crippen molar-refractivity contribution in [3.05, 3.63) is 40.7 Å². The molecule has 0 radical (unpaired) electrons. The summed E-state index contributed by atoms with van der Waals surface area (Å²) >= 11 is 0. The highest BCUT2D eigenvalue weighted by Crippen LogP contribution is 2.30. The van der Waals surface area contributed by atoms with Crippen molar-refractivity contribution in [1.29, 1.82) is 5.26 Å². The number of methoxy groups -OCH3 is 1. The molecule has 198 valence electrons. The van der Waals surface area contributed by atoms with E-state index >= 15 is 0 Å². The number of nitrogens with one attached hydrogen (secondary N) is 2. The largest absolute Gasteiger partial charge is 0.379 e. The maximum atomic E-state index is 13.3. The zero-order valence-electron chi connectivity index (χ0n) is 21.1. The van der Waals surface area contributed by atoms with E-state index < -0.39 is 6.03 Å². The average molecular weight is 520 g/mol. The lowest BCUT2D eigenvalue weighted by molar-refractivity contribution is -0.143. The maximum absolute atomic E-state index is 13.3. The first-order valence-corrected chi connectivity index (χ1v) is 12.6. The van der Waals surface area contributed by atoms with E-state index in [2.05, 4.69) is 26.7 Å². The molecule has 2 atom stereocenters. The van der Waals surface area contributed by atoms with E-state index in [1.165, 1.54) is 11.1 Å². The number of aromatic nitrogens is 2. The summed E-state index contributed by atoms with van der Waals surface area (Å²) < 4.78 is 10.6. The molecule has 2 fully saturated rings. The Labute approximate surface area is 219 Å². The van der Waals surface area contributed by atoms with E-state index in [0.717, 1.165) is 18.4 Å². The summed E-state index contributed by atoms with van der Waals surface area (Å²) in [6.45, 7) is 1.60. The highest BCUT2D eigenvalue weighted by molar-refractivity contribution is 6.02. The number of fused-ring (bicyclic) bond motifs is 1. The molecule has 38 heavy (non-hydrogen) atoms. The molecule has 3 aliphatic rings. The smallest absolute Gasteiger partial charge is 0.328 e. The number of anilines is 3. The van der Waals surface area contributed by atoms with Crippen LogP contribution in [0, 0.1) is 11.3 Å². The second-order valence-electron chi connectivity index (χ2n) is 9.52. The van der Waals surface area contributed by atoms with Gasteiger partial charge in [0, 0.05) is 44.6 Å². The van der Waals surface area contributed by atoms with E-state index in [9.17, 15) is 19.6 Å². The lowest BCUT2D eigenvalue weighted by Gasteiger charge is -2.36. The van der Waals surface area contributed by atoms with Crippen molar-refractivity contribution in [2.45, 2.75) is 44.4 Å². The van der Waals surface area contributed by atoms with Crippen LogP contribution in [0.1, 0.15) is 46.4 Å². The van der Waals surface area contributed by atoms with E-state index in [1.54, 1.807) is 18.1 Å². The van der Waals surface area contributed by atoms with Crippen molar-refractivity contribution in [2.24, 2.45) is 0 Å². The predicted molar refractivity (Wildman–Crippen MR) is 137 cm³/mol. The Bertz CT molecular complexity index is 1290. The van der Waals surface area contributed by atoms with Gasteiger partial charge in [-0.3, -0.25) is 19.8 Å². The summed E-state index contributed by atoms with van der Waals surface area (Å²) in [4.78, 5) is 49.3. The third-order valence-corrected chi connectivity index (χ3v) is 7.19. The number of carbonyl (C=O) groups excluding carboxylic acids is 3. The van der Waals surface area contributed by atoms with Crippen LogP contribution >= 0.6 is 0 Å². The van der Waals surface area contributed by atoms with Crippen LogP contribution in [0.5, 0.6) is 0 Å². The van der Waals surface area contributed by atoms with Gasteiger partial charge >= 0.3 is 6.03 Å². The molecule has 1 saturated heterocycles. The fraction of sp³-hybridized carbons (Fsp3) is 0.462. The Morgan fingerprint density at radius 1 is 1.34 bits per heavy atom. The van der Waals surface area contributed by atoms with Crippen LogP contribution in [0.15, 0.2) is 18.3 Å². The molecule has 12 nitrogen and oxygen atoms in total. The number of hydrogen-bond donors (Lipinski definition) is 2. The SMILES string of the molecule is CO[C@H]1CC[C@@H]1Nc1cc(NC(=O)N2CCCc3cc(CN4CCOCC4=O)c(C=O)nc32)ncc1C#N. The van der Waals surface area contributed by atoms with E-state index in [0.29, 0.717) is 61.5 Å². The van der Waals surface area contributed by atoms with Crippen molar-refractivity contribution >= 4 is 35.5 Å². The van der Waals surface area contributed by atoms with Crippen LogP contribution < -0.4 is 15.5 Å². The average Bonchev–Trinajstić information content (AvgIpc) is 2.92. The van der Waals surface area contributed by atoms with Crippen molar-refractivity contribution in [3.63, 3.8) is 0 Å². The van der Waals surface area contributed by atoms with Crippen LogP contribution in [0.3, 0.4) is 0 Å². The predicted octanol–water partition coefficient (Wildman–Crippen LogP) is 2.09. The first-order valence-electron chi connectivity index (χ1n) is 12.6. The summed E-state index contributed by atoms with van der Waals surface area (Å²) in [5.41, 5.74) is 2.62. The summed E-state index contributed by atoms with van der Waals surface area (Å²) in [5, 5.41) is 15.6. The fourth-order valence-corrected chi connectivity index (χ4v) is 4.93. The van der Waals surface area contributed by atoms with Gasteiger partial charge in [0.05, 0.1) is 30.0 Å². The lowest BCUT2D eigenvalue weighted by Crippen LogP contribution is -2.44. The standard InChI is InChI=1S/C26H29N7O5/c1-37-22-5-4-19(22)29-20-10-23(28-12-18(20)11-27)31-26(36)33-6-2-3-16-9-17(21(14-34)30-25(16)33)13-32-7-8-38-15-24(32)35/h9-10,12,14,19,22H,2-8,13,15H2,1H3,(H2,28,29,31,36)/t19-,22-/m0/s1. The van der Waals surface area contributed by atoms with Crippen LogP contribution in [0.25, 0.3) is 0 Å². The molecule has 0 aromatic carbocycles. The van der Waals surface area contributed by atoms with Crippen LogP contribution in [0.2, 0.25) is 0 Å². The minimum atomic E-state index is -0.437. The molecule has 0 unspecified atom stereocenters. The maximum Gasteiger partial charge on any atom is 0.328 e. The molecule has 2 N–H and O–H groups in total. The summed E-state index contributed by atoms with van der Waals surface area (Å²) in [6.07, 6.45) is 5.42. The molecular weight excluding hydrogens is 490 g/mol. The van der Waals surface area contributed by atoms with Crippen molar-refractivity contribution in [2.75, 3.05) is 48.9 Å². The number of ether oxygens (including phenoxy) is 2. The van der Waals surface area contributed by atoms with Gasteiger partial charge in [0.25, 0.3) is 0 Å². The first-order chi connectivity index (χ1) is 18.5. The molecule has 0 bridgehead atoms. The normalized spacial score (nSPS) is 20.7. The van der Waals surface area contributed by atoms with Crippen LogP contribution in [0.4, 0.5) is 22.1 Å². The number of nitrogens with zero attached hydrogens (tertiary/aromatic N) is 5. The molecule has 2 aromatic rings. The molecule has 4 heterocycles. The number of aryl methyl sites for hydroxylation is 1. The van der Waals surface area contributed by atoms with Gasteiger partial charge < -0.3 is 19.7 Å². The number of rotatable bonds is 7. The molecule has 1 aliphatic carbocycles. The lowest BCUT2D eigenvalue weighted by atomic mass is 9.88. The van der Waals surface area contributed by atoms with Crippen molar-refractivity contribution in [3.8, 4) is 6.07 Å². The van der Waals surface area contributed by atoms with Gasteiger partial charge in [-0.05, 0) is 37.3 Å². The fourth-order valence-electron chi connectivity index (χ4n) is 4.93. The number of hydrogen-bond acceptors (Lipinski definition) is 9. The van der Waals surface area contributed by atoms with Gasteiger partial charge in [-0.1, -0.05) is 0 Å². The monoisotopic (exact) mass is 519 g/mol. The Morgan fingerprint density at radius 2 is 2.21 bits per heavy atom. The molecule has 2 aromatic heterocycles. The highest BCUT2D eigenvalue weighted by atomic mass is 16.5. The molecule has 2 aliphatic heterocycles. The Hall–Kier alpha value is -4.08. The zero-order chi connectivity index (χ0) is 26.6. The van der Waals surface area contributed by atoms with Crippen LogP contribution in [-0.2, 0) is 27.2 Å². The molecule has 0 spiro atoms. The quantitative estimate of drug-likeness (QED) is 0.524. The van der Waals surface area contributed by atoms with Gasteiger partial charge in [0.15, 0.2) is 6.29 Å². The number of aldehydes is 1. The minimum absolute atomic E-state index is 0.0248. The summed E-state index contributed by atoms with van der Waals surface area (Å²) in [5.74, 6) is 0.568. The third-order valence-electron chi connectivity index (χ3n) is 7.19. The summed E-state index contributed by atoms with van der Waals surface area (Å²) in [6, 6.07) is 5.27. The van der Waals surface area contributed by atoms with E-state index in [-0.39, 0.29) is 42.7 Å². The number of urea groups is 1. The Balaban J connectivity index is 1.34. The van der Waals surface area contributed by atoms with Gasteiger partial charge in [-0.25, -0.2) is 14.8 Å². The van der Waals surface area contributed by atoms with Crippen molar-refractivity contribution < 1.29 is 23.9 Å². The number of amides is 3. The molecule has 5 rings (SSSR count). The van der Waals surface area contributed by atoms with Crippen LogP contribution in [-0.4, -0.2) is 78.7 Å². The van der Waals surface area contributed by atoms with E-state index in [1.807, 2.05) is 6.07 Å². The highest BCUT2D eigenvalue weighted by Gasteiger charge is 2.32. The van der Waals surface area contributed by atoms with Gasteiger partial charge in [0.1, 0.15) is 30.0 Å². The molecular formula is C26H29N7O5. The minimum Gasteiger partial charge on any atom is -0.379 e. The number of carbonyl (C=O) groups is 3. The van der Waals surface area contributed by atoms with Gasteiger partial charge in [0.2, 0.25) is 5.91 Å². The zero-order valence-corrected chi connectivity index (χ0v) is 21.1. The number of pyridine rings is 2. The van der Waals surface area contributed by atoms with Gasteiger partial charge in [-0.15, -0.1) is 0 Å². The molecule has 3 amide bonds. The second-order valence-corrected chi connectivity index (χ2v) is 9.52. The van der Waals surface area contributed by atoms with Crippen molar-refractivity contribution in [1.82, 2.24) is 14.9 Å². The first kappa shape index (κ1) is 25.6.